The van der Waals surface area contributed by atoms with Crippen LogP contribution in [0.1, 0.15) is 19.4 Å². The first-order valence-corrected chi connectivity index (χ1v) is 7.82. The van der Waals surface area contributed by atoms with Gasteiger partial charge in [0.1, 0.15) is 11.9 Å². The summed E-state index contributed by atoms with van der Waals surface area (Å²) >= 11 is 0. The van der Waals surface area contributed by atoms with Crippen molar-refractivity contribution in [2.24, 2.45) is 5.92 Å². The van der Waals surface area contributed by atoms with Crippen LogP contribution in [-0.4, -0.2) is 27.5 Å². The van der Waals surface area contributed by atoms with Crippen LogP contribution in [-0.2, 0) is 26.3 Å². The van der Waals surface area contributed by atoms with Crippen molar-refractivity contribution in [2.75, 3.05) is 7.11 Å². The van der Waals surface area contributed by atoms with Crippen LogP contribution in [0.5, 0.6) is 0 Å². The number of carbonyl (C=O) groups is 1. The maximum Gasteiger partial charge on any atom is 0.324 e. The van der Waals surface area contributed by atoms with E-state index in [1.165, 1.54) is 31.4 Å². The van der Waals surface area contributed by atoms with E-state index in [4.69, 9.17) is 0 Å². The summed E-state index contributed by atoms with van der Waals surface area (Å²) < 4.78 is 45.6. The van der Waals surface area contributed by atoms with Gasteiger partial charge in [0, 0.05) is 6.54 Å². The van der Waals surface area contributed by atoms with Crippen LogP contribution < -0.4 is 9.44 Å². The standard InChI is InChI=1S/C13H19FN2O4S/c1-9(2)12(13(17)20-3)16-21(18,19)15-8-10-4-6-11(14)7-5-10/h4-7,9,12,15-16H,8H2,1-3H3/t12-/m0/s1. The minimum absolute atomic E-state index is 0.0123. The molecule has 2 N–H and O–H groups in total. The van der Waals surface area contributed by atoms with Crippen LogP contribution in [0.25, 0.3) is 0 Å². The lowest BCUT2D eigenvalue weighted by atomic mass is 10.1. The van der Waals surface area contributed by atoms with Crippen LogP contribution in [0.2, 0.25) is 0 Å². The number of carbonyl (C=O) groups excluding carboxylic acids is 1. The second kappa shape index (κ2) is 7.48. The maximum atomic E-state index is 12.7. The Kier molecular flexibility index (Phi) is 6.25. The van der Waals surface area contributed by atoms with Gasteiger partial charge in [0.05, 0.1) is 7.11 Å². The predicted molar refractivity (Wildman–Crippen MR) is 75.9 cm³/mol. The second-order valence-electron chi connectivity index (χ2n) is 4.81. The molecule has 0 aliphatic carbocycles. The Morgan fingerprint density at radius 1 is 1.29 bits per heavy atom. The van der Waals surface area contributed by atoms with Crippen LogP contribution in [0.4, 0.5) is 4.39 Å². The van der Waals surface area contributed by atoms with Crippen molar-refractivity contribution in [1.29, 1.82) is 0 Å². The normalized spacial score (nSPS) is 13.2. The molecule has 0 aromatic heterocycles. The van der Waals surface area contributed by atoms with Crippen molar-refractivity contribution in [2.45, 2.75) is 26.4 Å². The van der Waals surface area contributed by atoms with Crippen molar-refractivity contribution in [3.63, 3.8) is 0 Å². The van der Waals surface area contributed by atoms with E-state index in [9.17, 15) is 17.6 Å². The largest absolute Gasteiger partial charge is 0.468 e. The van der Waals surface area contributed by atoms with Crippen molar-refractivity contribution in [3.8, 4) is 0 Å². The average Bonchev–Trinajstić information content (AvgIpc) is 2.43. The second-order valence-corrected chi connectivity index (χ2v) is 6.34. The number of rotatable bonds is 7. The van der Waals surface area contributed by atoms with Gasteiger partial charge in [-0.25, -0.2) is 4.39 Å². The number of hydrogen-bond acceptors (Lipinski definition) is 4. The molecule has 0 bridgehead atoms. The first kappa shape index (κ1) is 17.5. The molecule has 0 saturated heterocycles. The van der Waals surface area contributed by atoms with Gasteiger partial charge in [-0.15, -0.1) is 0 Å². The molecular weight excluding hydrogens is 299 g/mol. The number of methoxy groups -OCH3 is 1. The summed E-state index contributed by atoms with van der Waals surface area (Å²) in [6, 6.07) is 4.45. The minimum atomic E-state index is -3.88. The van der Waals surface area contributed by atoms with E-state index in [0.29, 0.717) is 5.56 Å². The molecule has 118 valence electrons. The summed E-state index contributed by atoms with van der Waals surface area (Å²) in [5.41, 5.74) is 0.598. The van der Waals surface area contributed by atoms with Gasteiger partial charge in [-0.2, -0.15) is 17.9 Å². The molecule has 0 spiro atoms. The molecule has 21 heavy (non-hydrogen) atoms. The average molecular weight is 318 g/mol. The molecule has 1 aromatic rings. The monoisotopic (exact) mass is 318 g/mol. The van der Waals surface area contributed by atoms with Crippen LogP contribution in [0.15, 0.2) is 24.3 Å². The lowest BCUT2D eigenvalue weighted by molar-refractivity contribution is -0.143. The van der Waals surface area contributed by atoms with Crippen LogP contribution in [0.3, 0.4) is 0 Å². The van der Waals surface area contributed by atoms with E-state index in [0.717, 1.165) is 0 Å². The molecule has 1 aromatic carbocycles. The molecule has 0 aliphatic rings. The number of benzene rings is 1. The van der Waals surface area contributed by atoms with Crippen molar-refractivity contribution < 1.29 is 22.3 Å². The molecule has 0 saturated carbocycles. The van der Waals surface area contributed by atoms with Gasteiger partial charge in [-0.05, 0) is 23.6 Å². The smallest absolute Gasteiger partial charge is 0.324 e. The van der Waals surface area contributed by atoms with Crippen LogP contribution in [0, 0.1) is 11.7 Å². The van der Waals surface area contributed by atoms with Crippen molar-refractivity contribution in [1.82, 2.24) is 9.44 Å². The molecule has 0 unspecified atom stereocenters. The van der Waals surface area contributed by atoms with Crippen LogP contribution >= 0.6 is 0 Å². The molecule has 0 heterocycles. The Morgan fingerprint density at radius 3 is 2.33 bits per heavy atom. The van der Waals surface area contributed by atoms with E-state index in [-0.39, 0.29) is 12.5 Å². The van der Waals surface area contributed by atoms with E-state index in [1.807, 2.05) is 0 Å². The number of esters is 1. The lowest BCUT2D eigenvalue weighted by Crippen LogP contribution is -2.49. The first-order chi connectivity index (χ1) is 9.75. The molecule has 0 fully saturated rings. The van der Waals surface area contributed by atoms with Gasteiger partial charge < -0.3 is 4.74 Å². The highest BCUT2D eigenvalue weighted by atomic mass is 32.2. The van der Waals surface area contributed by atoms with Gasteiger partial charge in [0.25, 0.3) is 10.2 Å². The van der Waals surface area contributed by atoms with Gasteiger partial charge in [0.15, 0.2) is 0 Å². The third-order valence-electron chi connectivity index (χ3n) is 2.78. The summed E-state index contributed by atoms with van der Waals surface area (Å²) in [6.45, 7) is 3.38. The highest BCUT2D eigenvalue weighted by Gasteiger charge is 2.27. The Morgan fingerprint density at radius 2 is 1.86 bits per heavy atom. The SMILES string of the molecule is COC(=O)[C@@H](NS(=O)(=O)NCc1ccc(F)cc1)C(C)C. The minimum Gasteiger partial charge on any atom is -0.468 e. The summed E-state index contributed by atoms with van der Waals surface area (Å²) in [7, 11) is -2.69. The maximum absolute atomic E-state index is 12.7. The Labute approximate surface area is 123 Å². The highest BCUT2D eigenvalue weighted by molar-refractivity contribution is 7.87. The van der Waals surface area contributed by atoms with E-state index in [2.05, 4.69) is 14.2 Å². The van der Waals surface area contributed by atoms with E-state index >= 15 is 0 Å². The molecule has 8 heteroatoms. The van der Waals surface area contributed by atoms with Crippen molar-refractivity contribution in [3.05, 3.63) is 35.6 Å². The summed E-state index contributed by atoms with van der Waals surface area (Å²) in [5.74, 6) is -1.32. The summed E-state index contributed by atoms with van der Waals surface area (Å²) in [4.78, 5) is 11.5. The summed E-state index contributed by atoms with van der Waals surface area (Å²) in [6.07, 6.45) is 0. The zero-order valence-corrected chi connectivity index (χ0v) is 12.9. The fraction of sp³-hybridized carbons (Fsp3) is 0.462. The summed E-state index contributed by atoms with van der Waals surface area (Å²) in [5, 5.41) is 0. The fourth-order valence-corrected chi connectivity index (χ4v) is 2.72. The van der Waals surface area contributed by atoms with Crippen molar-refractivity contribution >= 4 is 16.2 Å². The predicted octanol–water partition coefficient (Wildman–Crippen LogP) is 0.947. The van der Waals surface area contributed by atoms with Gasteiger partial charge >= 0.3 is 5.97 Å². The third-order valence-corrected chi connectivity index (χ3v) is 3.87. The molecule has 1 rings (SSSR count). The lowest BCUT2D eigenvalue weighted by Gasteiger charge is -2.19. The quantitative estimate of drug-likeness (QED) is 0.733. The number of halogens is 1. The van der Waals surface area contributed by atoms with Gasteiger partial charge in [-0.1, -0.05) is 26.0 Å². The molecule has 6 nitrogen and oxygen atoms in total. The molecular formula is C13H19FN2O4S. The Balaban J connectivity index is 2.68. The Hall–Kier alpha value is -1.51. The van der Waals surface area contributed by atoms with Gasteiger partial charge in [0.2, 0.25) is 0 Å². The Bertz CT molecular complexity index is 572. The highest BCUT2D eigenvalue weighted by Crippen LogP contribution is 2.06. The molecule has 0 radical (unpaired) electrons. The zero-order valence-electron chi connectivity index (χ0n) is 12.1. The third kappa shape index (κ3) is 5.78. The number of hydrogen-bond donors (Lipinski definition) is 2. The van der Waals surface area contributed by atoms with E-state index < -0.39 is 28.0 Å². The first-order valence-electron chi connectivity index (χ1n) is 6.34. The number of nitrogens with one attached hydrogen (secondary N) is 2. The fourth-order valence-electron chi connectivity index (χ4n) is 1.57. The van der Waals surface area contributed by atoms with E-state index in [1.54, 1.807) is 13.8 Å². The zero-order chi connectivity index (χ0) is 16.0. The number of ether oxygens (including phenoxy) is 1. The molecule has 0 aliphatic heterocycles. The topological polar surface area (TPSA) is 84.5 Å². The molecule has 1 atom stereocenters. The molecule has 0 amide bonds. The van der Waals surface area contributed by atoms with Gasteiger partial charge in [-0.3, -0.25) is 4.79 Å².